The molecule has 0 aliphatic carbocycles. The molecule has 0 spiro atoms. The minimum Gasteiger partial charge on any atom is -0.497 e. The van der Waals surface area contributed by atoms with Crippen molar-refractivity contribution in [1.82, 2.24) is 15.1 Å². The normalized spacial score (nSPS) is 14.7. The van der Waals surface area contributed by atoms with Crippen LogP contribution in [0.25, 0.3) is 0 Å². The van der Waals surface area contributed by atoms with E-state index in [2.05, 4.69) is 15.1 Å². The molecular formula is C19H26N4O2. The molecule has 3 rings (SSSR count). The standard InChI is InChI=1S/C19H26N4O2/c1-14-19(15(2)21-20-14)23-12-10-22(11-13-23)18(24)9-6-16-4-7-17(25-3)8-5-16/h4-5,7-8H,6,9-13H2,1-3H3,(H,20,21). The Morgan fingerprint density at radius 1 is 1.16 bits per heavy atom. The van der Waals surface area contributed by atoms with E-state index in [1.165, 1.54) is 5.69 Å². The summed E-state index contributed by atoms with van der Waals surface area (Å²) in [5.41, 5.74) is 4.47. The number of H-pyrrole nitrogens is 1. The lowest BCUT2D eigenvalue weighted by Gasteiger charge is -2.36. The number of carbonyl (C=O) groups excluding carboxylic acids is 1. The second-order valence-corrected chi connectivity index (χ2v) is 6.50. The fourth-order valence-corrected chi connectivity index (χ4v) is 3.39. The molecule has 1 amide bonds. The zero-order chi connectivity index (χ0) is 17.8. The Hall–Kier alpha value is -2.50. The third-order valence-electron chi connectivity index (χ3n) is 4.82. The average Bonchev–Trinajstić information content (AvgIpc) is 2.98. The van der Waals surface area contributed by atoms with Gasteiger partial charge < -0.3 is 14.5 Å². The van der Waals surface area contributed by atoms with Gasteiger partial charge in [-0.15, -0.1) is 0 Å². The molecule has 1 aliphatic rings. The lowest BCUT2D eigenvalue weighted by atomic mass is 10.1. The van der Waals surface area contributed by atoms with E-state index in [1.54, 1.807) is 7.11 Å². The second kappa shape index (κ2) is 7.59. The van der Waals surface area contributed by atoms with E-state index in [0.717, 1.165) is 55.3 Å². The SMILES string of the molecule is COc1ccc(CCC(=O)N2CCN(c3c(C)n[nH]c3C)CC2)cc1. The molecule has 6 heteroatoms. The van der Waals surface area contributed by atoms with Crippen LogP contribution < -0.4 is 9.64 Å². The molecule has 1 aliphatic heterocycles. The van der Waals surface area contributed by atoms with Gasteiger partial charge in [-0.25, -0.2) is 0 Å². The fraction of sp³-hybridized carbons (Fsp3) is 0.474. The lowest BCUT2D eigenvalue weighted by Crippen LogP contribution is -2.49. The predicted molar refractivity (Wildman–Crippen MR) is 98.2 cm³/mol. The van der Waals surface area contributed by atoms with Gasteiger partial charge in [0.25, 0.3) is 0 Å². The Labute approximate surface area is 148 Å². The maximum Gasteiger partial charge on any atom is 0.223 e. The number of hydrogen-bond acceptors (Lipinski definition) is 4. The summed E-state index contributed by atoms with van der Waals surface area (Å²) in [6, 6.07) is 7.92. The van der Waals surface area contributed by atoms with Crippen LogP contribution in [0.5, 0.6) is 5.75 Å². The zero-order valence-electron chi connectivity index (χ0n) is 15.2. The molecule has 2 heterocycles. The maximum absolute atomic E-state index is 12.5. The Kier molecular flexibility index (Phi) is 5.26. The van der Waals surface area contributed by atoms with Crippen LogP contribution in [0, 0.1) is 13.8 Å². The number of methoxy groups -OCH3 is 1. The minimum atomic E-state index is 0.233. The number of hydrogen-bond donors (Lipinski definition) is 1. The summed E-state index contributed by atoms with van der Waals surface area (Å²) < 4.78 is 5.16. The van der Waals surface area contributed by atoms with Gasteiger partial charge in [0.05, 0.1) is 24.2 Å². The highest BCUT2D eigenvalue weighted by Crippen LogP contribution is 2.23. The van der Waals surface area contributed by atoms with E-state index in [9.17, 15) is 4.79 Å². The van der Waals surface area contributed by atoms with Crippen molar-refractivity contribution in [1.29, 1.82) is 0 Å². The third kappa shape index (κ3) is 3.95. The smallest absolute Gasteiger partial charge is 0.223 e. The van der Waals surface area contributed by atoms with Crippen molar-refractivity contribution in [3.8, 4) is 5.75 Å². The van der Waals surface area contributed by atoms with Gasteiger partial charge in [0.15, 0.2) is 0 Å². The van der Waals surface area contributed by atoms with Gasteiger partial charge in [0.1, 0.15) is 5.75 Å². The Bertz CT molecular complexity index is 696. The number of aryl methyl sites for hydroxylation is 3. The molecule has 1 N–H and O–H groups in total. The highest BCUT2D eigenvalue weighted by Gasteiger charge is 2.23. The Morgan fingerprint density at radius 3 is 2.40 bits per heavy atom. The van der Waals surface area contributed by atoms with Gasteiger partial charge >= 0.3 is 0 Å². The van der Waals surface area contributed by atoms with Crippen molar-refractivity contribution < 1.29 is 9.53 Å². The predicted octanol–water partition coefficient (Wildman–Crippen LogP) is 2.32. The second-order valence-electron chi connectivity index (χ2n) is 6.50. The molecule has 1 fully saturated rings. The van der Waals surface area contributed by atoms with Gasteiger partial charge in [0.2, 0.25) is 5.91 Å². The molecule has 134 valence electrons. The maximum atomic E-state index is 12.5. The van der Waals surface area contributed by atoms with Crippen LogP contribution in [0.15, 0.2) is 24.3 Å². The van der Waals surface area contributed by atoms with Gasteiger partial charge in [-0.3, -0.25) is 9.89 Å². The number of piperazine rings is 1. The molecule has 25 heavy (non-hydrogen) atoms. The number of amides is 1. The summed E-state index contributed by atoms with van der Waals surface area (Å²) in [6.07, 6.45) is 1.32. The van der Waals surface area contributed by atoms with Crippen LogP contribution in [-0.4, -0.2) is 54.3 Å². The largest absolute Gasteiger partial charge is 0.497 e. The van der Waals surface area contributed by atoms with Gasteiger partial charge in [-0.1, -0.05) is 12.1 Å². The van der Waals surface area contributed by atoms with E-state index >= 15 is 0 Å². The highest BCUT2D eigenvalue weighted by molar-refractivity contribution is 5.77. The van der Waals surface area contributed by atoms with Crippen molar-refractivity contribution in [2.75, 3.05) is 38.2 Å². The summed E-state index contributed by atoms with van der Waals surface area (Å²) >= 11 is 0. The molecule has 0 saturated carbocycles. The van der Waals surface area contributed by atoms with E-state index in [0.29, 0.717) is 6.42 Å². The van der Waals surface area contributed by atoms with Crippen molar-refractivity contribution in [2.24, 2.45) is 0 Å². The first kappa shape index (κ1) is 17.3. The molecule has 1 aromatic heterocycles. The number of anilines is 1. The van der Waals surface area contributed by atoms with Crippen molar-refractivity contribution in [3.63, 3.8) is 0 Å². The number of nitrogens with one attached hydrogen (secondary N) is 1. The third-order valence-corrected chi connectivity index (χ3v) is 4.82. The van der Waals surface area contributed by atoms with Gasteiger partial charge in [-0.2, -0.15) is 5.10 Å². The molecule has 0 bridgehead atoms. The highest BCUT2D eigenvalue weighted by atomic mass is 16.5. The summed E-state index contributed by atoms with van der Waals surface area (Å²) in [7, 11) is 1.66. The molecule has 6 nitrogen and oxygen atoms in total. The summed E-state index contributed by atoms with van der Waals surface area (Å²) in [4.78, 5) is 16.8. The molecule has 0 unspecified atom stereocenters. The topological polar surface area (TPSA) is 61.5 Å². The molecule has 0 atom stereocenters. The van der Waals surface area contributed by atoms with E-state index in [4.69, 9.17) is 4.74 Å². The van der Waals surface area contributed by atoms with Crippen LogP contribution in [0.3, 0.4) is 0 Å². The van der Waals surface area contributed by atoms with Crippen LogP contribution in [0.1, 0.15) is 23.4 Å². The van der Waals surface area contributed by atoms with E-state index < -0.39 is 0 Å². The fourth-order valence-electron chi connectivity index (χ4n) is 3.39. The molecule has 1 aromatic carbocycles. The van der Waals surface area contributed by atoms with Crippen molar-refractivity contribution in [3.05, 3.63) is 41.2 Å². The van der Waals surface area contributed by atoms with E-state index in [1.807, 2.05) is 43.0 Å². The zero-order valence-corrected chi connectivity index (χ0v) is 15.2. The summed E-state index contributed by atoms with van der Waals surface area (Å²) in [5, 5.41) is 7.30. The van der Waals surface area contributed by atoms with Crippen LogP contribution in [-0.2, 0) is 11.2 Å². The average molecular weight is 342 g/mol. The Balaban J connectivity index is 1.49. The minimum absolute atomic E-state index is 0.233. The van der Waals surface area contributed by atoms with Crippen LogP contribution >= 0.6 is 0 Å². The van der Waals surface area contributed by atoms with Crippen molar-refractivity contribution >= 4 is 11.6 Å². The quantitative estimate of drug-likeness (QED) is 0.906. The van der Waals surface area contributed by atoms with Crippen molar-refractivity contribution in [2.45, 2.75) is 26.7 Å². The molecule has 2 aromatic rings. The number of rotatable bonds is 5. The number of aromatic nitrogens is 2. The molecule has 1 saturated heterocycles. The number of aromatic amines is 1. The number of nitrogens with zero attached hydrogens (tertiary/aromatic N) is 3. The number of benzene rings is 1. The van der Waals surface area contributed by atoms with Gasteiger partial charge in [-0.05, 0) is 38.0 Å². The summed E-state index contributed by atoms with van der Waals surface area (Å²) in [5.74, 6) is 1.08. The first-order chi connectivity index (χ1) is 12.1. The van der Waals surface area contributed by atoms with E-state index in [-0.39, 0.29) is 5.91 Å². The first-order valence-electron chi connectivity index (χ1n) is 8.75. The lowest BCUT2D eigenvalue weighted by molar-refractivity contribution is -0.131. The number of ether oxygens (including phenoxy) is 1. The molecule has 0 radical (unpaired) electrons. The number of carbonyl (C=O) groups is 1. The molecular weight excluding hydrogens is 316 g/mol. The van der Waals surface area contributed by atoms with Crippen LogP contribution in [0.4, 0.5) is 5.69 Å². The van der Waals surface area contributed by atoms with Gasteiger partial charge in [0, 0.05) is 32.6 Å². The summed E-state index contributed by atoms with van der Waals surface area (Å²) in [6.45, 7) is 7.31. The monoisotopic (exact) mass is 342 g/mol. The van der Waals surface area contributed by atoms with Crippen LogP contribution in [0.2, 0.25) is 0 Å². The Morgan fingerprint density at radius 2 is 1.84 bits per heavy atom. The first-order valence-corrected chi connectivity index (χ1v) is 8.75.